The van der Waals surface area contributed by atoms with Crippen molar-refractivity contribution < 1.29 is 13.2 Å². The molecule has 1 saturated heterocycles. The molecule has 9 heteroatoms. The van der Waals surface area contributed by atoms with Crippen LogP contribution in [0.4, 0.5) is 5.69 Å². The van der Waals surface area contributed by atoms with Gasteiger partial charge < -0.3 is 14.8 Å². The zero-order valence-corrected chi connectivity index (χ0v) is 18.8. The summed E-state index contributed by atoms with van der Waals surface area (Å²) in [4.78, 5) is 19.1. The Balaban J connectivity index is 1.42. The molecule has 2 aromatic carbocycles. The highest BCUT2D eigenvalue weighted by Gasteiger charge is 2.28. The van der Waals surface area contributed by atoms with E-state index in [0.717, 1.165) is 25.2 Å². The zero-order chi connectivity index (χ0) is 22.6. The van der Waals surface area contributed by atoms with Gasteiger partial charge in [-0.15, -0.1) is 0 Å². The van der Waals surface area contributed by atoms with Gasteiger partial charge in [-0.05, 0) is 42.4 Å². The van der Waals surface area contributed by atoms with Gasteiger partial charge in [-0.3, -0.25) is 4.79 Å². The molecule has 0 spiro atoms. The highest BCUT2D eigenvalue weighted by atomic mass is 32.2. The molecule has 0 unspecified atom stereocenters. The molecule has 4 rings (SSSR count). The number of hydrogen-bond donors (Lipinski definition) is 1. The number of aromatic nitrogens is 2. The average Bonchev–Trinajstić information content (AvgIpc) is 3.33. The number of hydrogen-bond acceptors (Lipinski definition) is 5. The monoisotopic (exact) mass is 453 g/mol. The van der Waals surface area contributed by atoms with Crippen molar-refractivity contribution in [2.75, 3.05) is 38.0 Å². The Kier molecular flexibility index (Phi) is 6.69. The van der Waals surface area contributed by atoms with Gasteiger partial charge in [0.25, 0.3) is 5.91 Å². The lowest BCUT2D eigenvalue weighted by Gasteiger charge is -2.33. The molecule has 168 valence electrons. The number of carbonyl (C=O) groups excluding carboxylic acids is 1. The molecule has 1 fully saturated rings. The van der Waals surface area contributed by atoms with Crippen molar-refractivity contribution in [3.05, 3.63) is 78.4 Å². The number of benzene rings is 2. The number of amides is 1. The third kappa shape index (κ3) is 5.07. The Bertz CT molecular complexity index is 1150. The van der Waals surface area contributed by atoms with Crippen molar-refractivity contribution in [3.63, 3.8) is 0 Å². The highest BCUT2D eigenvalue weighted by Crippen LogP contribution is 2.21. The molecule has 0 atom stereocenters. The lowest BCUT2D eigenvalue weighted by molar-refractivity contribution is 0.102. The average molecular weight is 454 g/mol. The maximum absolute atomic E-state index is 13.0. The second kappa shape index (κ2) is 9.64. The van der Waals surface area contributed by atoms with Gasteiger partial charge in [0, 0.05) is 56.4 Å². The molecule has 2 heterocycles. The number of nitrogens with zero attached hydrogens (tertiary/aromatic N) is 4. The van der Waals surface area contributed by atoms with Gasteiger partial charge in [0.15, 0.2) is 0 Å². The topological polar surface area (TPSA) is 87.5 Å². The van der Waals surface area contributed by atoms with Crippen molar-refractivity contribution in [2.45, 2.75) is 18.4 Å². The Morgan fingerprint density at radius 1 is 1.06 bits per heavy atom. The molecular formula is C23H27N5O3S. The molecule has 32 heavy (non-hydrogen) atoms. The van der Waals surface area contributed by atoms with Gasteiger partial charge in [-0.25, -0.2) is 13.4 Å². The van der Waals surface area contributed by atoms with Crippen LogP contribution in [0.15, 0.2) is 72.1 Å². The normalized spacial score (nSPS) is 15.5. The molecule has 1 aromatic heterocycles. The van der Waals surface area contributed by atoms with Crippen molar-refractivity contribution in [1.82, 2.24) is 18.8 Å². The van der Waals surface area contributed by atoms with Gasteiger partial charge in [-0.2, -0.15) is 4.31 Å². The first-order valence-electron chi connectivity index (χ1n) is 10.6. The molecule has 1 aliphatic heterocycles. The minimum Gasteiger partial charge on any atom is -0.333 e. The minimum absolute atomic E-state index is 0.191. The second-order valence-electron chi connectivity index (χ2n) is 7.75. The zero-order valence-electron chi connectivity index (χ0n) is 18.0. The summed E-state index contributed by atoms with van der Waals surface area (Å²) >= 11 is 0. The van der Waals surface area contributed by atoms with E-state index >= 15 is 0 Å². The molecular weight excluding hydrogens is 426 g/mol. The molecule has 3 aromatic rings. The molecule has 1 N–H and O–H groups in total. The number of anilines is 1. The standard InChI is InChI=1S/C23H27N5O3S/c1-2-26-12-14-28(15-13-26)32(30,31)22-5-3-4-21(16-22)25-23(29)20-8-6-19(7-9-20)17-27-11-10-24-18-27/h3-11,16,18H,2,12-15,17H2,1H3,(H,25,29). The van der Waals surface area contributed by atoms with Crippen LogP contribution < -0.4 is 5.32 Å². The lowest BCUT2D eigenvalue weighted by Crippen LogP contribution is -2.48. The van der Waals surface area contributed by atoms with Crippen LogP contribution in [0.2, 0.25) is 0 Å². The summed E-state index contributed by atoms with van der Waals surface area (Å²) < 4.78 is 29.6. The second-order valence-corrected chi connectivity index (χ2v) is 9.69. The number of piperazine rings is 1. The predicted molar refractivity (Wildman–Crippen MR) is 123 cm³/mol. The predicted octanol–water partition coefficient (Wildman–Crippen LogP) is 2.51. The highest BCUT2D eigenvalue weighted by molar-refractivity contribution is 7.89. The maximum atomic E-state index is 13.0. The maximum Gasteiger partial charge on any atom is 0.255 e. The van der Waals surface area contributed by atoms with E-state index in [9.17, 15) is 13.2 Å². The van der Waals surface area contributed by atoms with Gasteiger partial charge in [0.1, 0.15) is 0 Å². The van der Waals surface area contributed by atoms with E-state index < -0.39 is 10.0 Å². The Morgan fingerprint density at radius 3 is 2.47 bits per heavy atom. The van der Waals surface area contributed by atoms with Crippen molar-refractivity contribution in [1.29, 1.82) is 0 Å². The molecule has 1 aliphatic rings. The molecule has 0 radical (unpaired) electrons. The van der Waals surface area contributed by atoms with Crippen LogP contribution in [-0.4, -0.2) is 65.8 Å². The van der Waals surface area contributed by atoms with Crippen LogP contribution in [0.25, 0.3) is 0 Å². The molecule has 1 amide bonds. The number of imidazole rings is 1. The fourth-order valence-electron chi connectivity index (χ4n) is 3.73. The summed E-state index contributed by atoms with van der Waals surface area (Å²) in [5, 5.41) is 2.81. The van der Waals surface area contributed by atoms with E-state index in [-0.39, 0.29) is 10.8 Å². The Hall–Kier alpha value is -3.01. The summed E-state index contributed by atoms with van der Waals surface area (Å²) in [7, 11) is -3.60. The van der Waals surface area contributed by atoms with Crippen molar-refractivity contribution in [3.8, 4) is 0 Å². The molecule has 0 bridgehead atoms. The van der Waals surface area contributed by atoms with E-state index in [1.807, 2.05) is 22.9 Å². The van der Waals surface area contributed by atoms with E-state index in [1.165, 1.54) is 10.4 Å². The Morgan fingerprint density at radius 2 is 1.81 bits per heavy atom. The fourth-order valence-corrected chi connectivity index (χ4v) is 5.19. The van der Waals surface area contributed by atoms with Crippen molar-refractivity contribution >= 4 is 21.6 Å². The third-order valence-electron chi connectivity index (χ3n) is 5.65. The fraction of sp³-hybridized carbons (Fsp3) is 0.304. The number of rotatable bonds is 7. The van der Waals surface area contributed by atoms with Crippen LogP contribution in [0.5, 0.6) is 0 Å². The first kappa shape index (κ1) is 22.2. The first-order valence-corrected chi connectivity index (χ1v) is 12.1. The van der Waals surface area contributed by atoms with E-state index in [4.69, 9.17) is 0 Å². The number of nitrogens with one attached hydrogen (secondary N) is 1. The SMILES string of the molecule is CCN1CCN(S(=O)(=O)c2cccc(NC(=O)c3ccc(Cn4ccnc4)cc3)c2)CC1. The van der Waals surface area contributed by atoms with Gasteiger partial charge >= 0.3 is 0 Å². The lowest BCUT2D eigenvalue weighted by atomic mass is 10.1. The van der Waals surface area contributed by atoms with Crippen LogP contribution in [-0.2, 0) is 16.6 Å². The van der Waals surface area contributed by atoms with Crippen LogP contribution >= 0.6 is 0 Å². The van der Waals surface area contributed by atoms with Crippen LogP contribution in [0.1, 0.15) is 22.8 Å². The van der Waals surface area contributed by atoms with Crippen LogP contribution in [0.3, 0.4) is 0 Å². The van der Waals surface area contributed by atoms with E-state index in [2.05, 4.69) is 22.1 Å². The van der Waals surface area contributed by atoms with Crippen LogP contribution in [0, 0.1) is 0 Å². The van der Waals surface area contributed by atoms with E-state index in [0.29, 0.717) is 30.9 Å². The number of sulfonamides is 1. The van der Waals surface area contributed by atoms with Crippen molar-refractivity contribution in [2.24, 2.45) is 0 Å². The summed E-state index contributed by atoms with van der Waals surface area (Å²) in [6.07, 6.45) is 5.35. The third-order valence-corrected chi connectivity index (χ3v) is 7.54. The molecule has 8 nitrogen and oxygen atoms in total. The molecule has 0 aliphatic carbocycles. The quantitative estimate of drug-likeness (QED) is 0.594. The summed E-state index contributed by atoms with van der Waals surface area (Å²) in [6.45, 7) is 6.06. The Labute approximate surface area is 188 Å². The largest absolute Gasteiger partial charge is 0.333 e. The summed E-state index contributed by atoms with van der Waals surface area (Å²) in [5.41, 5.74) is 2.00. The smallest absolute Gasteiger partial charge is 0.255 e. The minimum atomic E-state index is -3.60. The number of carbonyl (C=O) groups is 1. The first-order chi connectivity index (χ1) is 15.5. The number of likely N-dealkylation sites (N-methyl/N-ethyl adjacent to an activating group) is 1. The molecule has 0 saturated carbocycles. The summed E-state index contributed by atoms with van der Waals surface area (Å²) in [6, 6.07) is 13.7. The summed E-state index contributed by atoms with van der Waals surface area (Å²) in [5.74, 6) is -0.287. The van der Waals surface area contributed by atoms with Gasteiger partial charge in [0.05, 0.1) is 11.2 Å². The van der Waals surface area contributed by atoms with Gasteiger partial charge in [-0.1, -0.05) is 25.1 Å². The van der Waals surface area contributed by atoms with Gasteiger partial charge in [0.2, 0.25) is 10.0 Å². The van der Waals surface area contributed by atoms with E-state index in [1.54, 1.807) is 42.9 Å².